The quantitative estimate of drug-likeness (QED) is 0.801. The molecule has 0 heterocycles. The smallest absolute Gasteiger partial charge is 0.124 e. The molecule has 0 unspecified atom stereocenters. The second-order valence-corrected chi connectivity index (χ2v) is 4.62. The van der Waals surface area contributed by atoms with Gasteiger partial charge >= 0.3 is 0 Å². The Bertz CT molecular complexity index is 287. The molecule has 1 aromatic rings. The van der Waals surface area contributed by atoms with Crippen molar-refractivity contribution in [3.8, 4) is 5.75 Å². The highest BCUT2D eigenvalue weighted by Gasteiger charge is 2.12. The molecule has 0 aromatic heterocycles. The van der Waals surface area contributed by atoms with Crippen LogP contribution in [0.15, 0.2) is 24.3 Å². The minimum atomic E-state index is 0.0281. The molecule has 1 N–H and O–H groups in total. The number of aliphatic hydroxyl groups is 1. The van der Waals surface area contributed by atoms with Gasteiger partial charge in [-0.05, 0) is 11.5 Å². The molecule has 1 aromatic carbocycles. The second-order valence-electron chi connectivity index (χ2n) is 4.62. The van der Waals surface area contributed by atoms with E-state index in [1.54, 1.807) is 0 Å². The molecule has 0 atom stereocenters. The van der Waals surface area contributed by atoms with Gasteiger partial charge < -0.3 is 9.84 Å². The van der Waals surface area contributed by atoms with Crippen LogP contribution in [0.4, 0.5) is 0 Å². The fraction of sp³-hybridized carbons (Fsp3) is 0.500. The maximum absolute atomic E-state index is 9.07. The molecule has 0 aliphatic heterocycles. The van der Waals surface area contributed by atoms with Crippen LogP contribution in [0.2, 0.25) is 0 Å². The van der Waals surface area contributed by atoms with Crippen molar-refractivity contribution in [2.75, 3.05) is 6.61 Å². The minimum absolute atomic E-state index is 0.0281. The Balaban J connectivity index is 2.67. The summed E-state index contributed by atoms with van der Waals surface area (Å²) >= 11 is 0. The van der Waals surface area contributed by atoms with Crippen molar-refractivity contribution < 1.29 is 9.84 Å². The van der Waals surface area contributed by atoms with E-state index >= 15 is 0 Å². The van der Waals surface area contributed by atoms with Crippen molar-refractivity contribution in [3.05, 3.63) is 29.8 Å². The van der Waals surface area contributed by atoms with Crippen molar-refractivity contribution in [3.63, 3.8) is 0 Å². The summed E-state index contributed by atoms with van der Waals surface area (Å²) in [7, 11) is 0. The van der Waals surface area contributed by atoms with E-state index in [0.29, 0.717) is 6.61 Å². The molecule has 0 bridgehead atoms. The zero-order valence-corrected chi connectivity index (χ0v) is 9.08. The number of ether oxygens (including phenoxy) is 1. The van der Waals surface area contributed by atoms with Gasteiger partial charge in [0.25, 0.3) is 0 Å². The molecule has 2 heteroatoms. The topological polar surface area (TPSA) is 29.5 Å². The fourth-order valence-electron chi connectivity index (χ4n) is 1.07. The first-order valence-corrected chi connectivity index (χ1v) is 4.84. The Labute approximate surface area is 85.5 Å². The van der Waals surface area contributed by atoms with Gasteiger partial charge in [0.1, 0.15) is 5.75 Å². The van der Waals surface area contributed by atoms with Gasteiger partial charge in [-0.25, -0.2) is 0 Å². The Morgan fingerprint density at radius 3 is 2.43 bits per heavy atom. The summed E-state index contributed by atoms with van der Waals surface area (Å²) in [4.78, 5) is 0. The maximum atomic E-state index is 9.07. The SMILES string of the molecule is CC(C)(C)COc1ccccc1CO. The summed E-state index contributed by atoms with van der Waals surface area (Å²) < 4.78 is 5.63. The molecule has 0 radical (unpaired) electrons. The van der Waals surface area contributed by atoms with Crippen LogP contribution in [0.1, 0.15) is 26.3 Å². The Kier molecular flexibility index (Phi) is 3.53. The molecule has 14 heavy (non-hydrogen) atoms. The Hall–Kier alpha value is -1.02. The van der Waals surface area contributed by atoms with Crippen LogP contribution in [-0.4, -0.2) is 11.7 Å². The molecule has 1 rings (SSSR count). The highest BCUT2D eigenvalue weighted by molar-refractivity contribution is 5.32. The normalized spacial score (nSPS) is 11.4. The first-order valence-electron chi connectivity index (χ1n) is 4.84. The number of hydrogen-bond acceptors (Lipinski definition) is 2. The van der Waals surface area contributed by atoms with Gasteiger partial charge in [0.05, 0.1) is 13.2 Å². The molecular formula is C12H18O2. The maximum Gasteiger partial charge on any atom is 0.124 e. The van der Waals surface area contributed by atoms with E-state index in [9.17, 15) is 0 Å². The Morgan fingerprint density at radius 1 is 1.21 bits per heavy atom. The van der Waals surface area contributed by atoms with Crippen LogP contribution < -0.4 is 4.74 Å². The molecule has 0 saturated heterocycles. The lowest BCUT2D eigenvalue weighted by atomic mass is 9.99. The van der Waals surface area contributed by atoms with Crippen molar-refractivity contribution in [2.24, 2.45) is 5.41 Å². The van der Waals surface area contributed by atoms with Gasteiger partial charge in [-0.15, -0.1) is 0 Å². The summed E-state index contributed by atoms with van der Waals surface area (Å²) in [6, 6.07) is 7.57. The zero-order chi connectivity index (χ0) is 10.6. The summed E-state index contributed by atoms with van der Waals surface area (Å²) in [6.45, 7) is 7.04. The van der Waals surface area contributed by atoms with Gasteiger partial charge in [0.2, 0.25) is 0 Å². The number of benzene rings is 1. The predicted octanol–water partition coefficient (Wildman–Crippen LogP) is 2.60. The average Bonchev–Trinajstić information content (AvgIpc) is 2.14. The minimum Gasteiger partial charge on any atom is -0.493 e. The van der Waals surface area contributed by atoms with E-state index in [2.05, 4.69) is 20.8 Å². The zero-order valence-electron chi connectivity index (χ0n) is 9.08. The molecule has 0 aliphatic carbocycles. The second kappa shape index (κ2) is 4.47. The molecule has 0 spiro atoms. The van der Waals surface area contributed by atoms with Gasteiger partial charge in [-0.3, -0.25) is 0 Å². The van der Waals surface area contributed by atoms with Gasteiger partial charge in [0, 0.05) is 5.56 Å². The molecule has 0 aliphatic rings. The Morgan fingerprint density at radius 2 is 1.86 bits per heavy atom. The lowest BCUT2D eigenvalue weighted by molar-refractivity contribution is 0.190. The van der Waals surface area contributed by atoms with E-state index in [4.69, 9.17) is 9.84 Å². The summed E-state index contributed by atoms with van der Waals surface area (Å²) in [6.07, 6.45) is 0. The third-order valence-corrected chi connectivity index (χ3v) is 1.80. The molecular weight excluding hydrogens is 176 g/mol. The van der Waals surface area contributed by atoms with Crippen LogP contribution in [0.3, 0.4) is 0 Å². The van der Waals surface area contributed by atoms with Gasteiger partial charge in [-0.2, -0.15) is 0 Å². The molecule has 2 nitrogen and oxygen atoms in total. The van der Waals surface area contributed by atoms with Gasteiger partial charge in [-0.1, -0.05) is 39.0 Å². The standard InChI is InChI=1S/C12H18O2/c1-12(2,3)9-14-11-7-5-4-6-10(11)8-13/h4-7,13H,8-9H2,1-3H3. The highest BCUT2D eigenvalue weighted by atomic mass is 16.5. The van der Waals surface area contributed by atoms with Crippen molar-refractivity contribution >= 4 is 0 Å². The van der Waals surface area contributed by atoms with Crippen LogP contribution in [0.5, 0.6) is 5.75 Å². The lowest BCUT2D eigenvalue weighted by Crippen LogP contribution is -2.17. The largest absolute Gasteiger partial charge is 0.493 e. The fourth-order valence-corrected chi connectivity index (χ4v) is 1.07. The van der Waals surface area contributed by atoms with E-state index in [1.807, 2.05) is 24.3 Å². The van der Waals surface area contributed by atoms with E-state index in [-0.39, 0.29) is 12.0 Å². The first kappa shape index (κ1) is 11.1. The lowest BCUT2D eigenvalue weighted by Gasteiger charge is -2.19. The summed E-state index contributed by atoms with van der Waals surface area (Å²) in [5.41, 5.74) is 0.986. The van der Waals surface area contributed by atoms with Crippen LogP contribution in [0.25, 0.3) is 0 Å². The van der Waals surface area contributed by atoms with Crippen LogP contribution in [0, 0.1) is 5.41 Å². The highest BCUT2D eigenvalue weighted by Crippen LogP contribution is 2.21. The average molecular weight is 194 g/mol. The third kappa shape index (κ3) is 3.38. The van der Waals surface area contributed by atoms with Gasteiger partial charge in [0.15, 0.2) is 0 Å². The molecule has 0 saturated carbocycles. The predicted molar refractivity (Wildman–Crippen MR) is 57.3 cm³/mol. The number of rotatable bonds is 3. The van der Waals surface area contributed by atoms with Crippen LogP contribution in [-0.2, 0) is 6.61 Å². The van der Waals surface area contributed by atoms with Crippen molar-refractivity contribution in [1.29, 1.82) is 0 Å². The first-order chi connectivity index (χ1) is 6.53. The molecule has 0 amide bonds. The number of aliphatic hydroxyl groups excluding tert-OH is 1. The summed E-state index contributed by atoms with van der Waals surface area (Å²) in [5.74, 6) is 0.782. The molecule has 0 fully saturated rings. The monoisotopic (exact) mass is 194 g/mol. The summed E-state index contributed by atoms with van der Waals surface area (Å²) in [5, 5.41) is 9.07. The van der Waals surface area contributed by atoms with E-state index < -0.39 is 0 Å². The van der Waals surface area contributed by atoms with Crippen molar-refractivity contribution in [1.82, 2.24) is 0 Å². The van der Waals surface area contributed by atoms with Crippen LogP contribution >= 0.6 is 0 Å². The number of hydrogen-bond donors (Lipinski definition) is 1. The van der Waals surface area contributed by atoms with Crippen molar-refractivity contribution in [2.45, 2.75) is 27.4 Å². The van der Waals surface area contributed by atoms with E-state index in [1.165, 1.54) is 0 Å². The molecule has 78 valence electrons. The van der Waals surface area contributed by atoms with E-state index in [0.717, 1.165) is 11.3 Å². The third-order valence-electron chi connectivity index (χ3n) is 1.80. The number of para-hydroxylation sites is 1.